The Morgan fingerprint density at radius 3 is 2.61 bits per heavy atom. The summed E-state index contributed by atoms with van der Waals surface area (Å²) >= 11 is 0. The van der Waals surface area contributed by atoms with Crippen molar-refractivity contribution < 1.29 is 14.8 Å². The highest BCUT2D eigenvalue weighted by molar-refractivity contribution is 6.03. The van der Waals surface area contributed by atoms with E-state index in [0.717, 1.165) is 12.8 Å². The Morgan fingerprint density at radius 2 is 2.11 bits per heavy atom. The molecule has 7 nitrogen and oxygen atoms in total. The number of primary amides is 1. The summed E-state index contributed by atoms with van der Waals surface area (Å²) in [5.41, 5.74) is 10.8. The Balaban J connectivity index is 2.88. The summed E-state index contributed by atoms with van der Waals surface area (Å²) in [4.78, 5) is 25.1. The molecule has 1 heterocycles. The molecule has 0 aromatic carbocycles. The van der Waals surface area contributed by atoms with Crippen molar-refractivity contribution in [2.24, 2.45) is 22.5 Å². The number of amidine groups is 1. The molecule has 5 N–H and O–H groups in total. The Hall–Kier alpha value is -1.79. The molecule has 102 valence electrons. The van der Waals surface area contributed by atoms with Gasteiger partial charge in [-0.2, -0.15) is 0 Å². The maximum absolute atomic E-state index is 12.3. The van der Waals surface area contributed by atoms with Gasteiger partial charge in [0, 0.05) is 6.54 Å². The maximum Gasteiger partial charge on any atom is 0.240 e. The number of rotatable bonds is 4. The van der Waals surface area contributed by atoms with Crippen LogP contribution in [-0.2, 0) is 9.59 Å². The van der Waals surface area contributed by atoms with Crippen molar-refractivity contribution in [3.63, 3.8) is 0 Å². The van der Waals surface area contributed by atoms with Crippen LogP contribution in [0.3, 0.4) is 0 Å². The molecule has 0 radical (unpaired) electrons. The van der Waals surface area contributed by atoms with Crippen LogP contribution < -0.4 is 11.5 Å². The minimum Gasteiger partial charge on any atom is -0.409 e. The van der Waals surface area contributed by atoms with Crippen molar-refractivity contribution in [2.75, 3.05) is 6.54 Å². The summed E-state index contributed by atoms with van der Waals surface area (Å²) in [5, 5.41) is 11.5. The largest absolute Gasteiger partial charge is 0.409 e. The molecule has 7 heteroatoms. The van der Waals surface area contributed by atoms with E-state index in [-0.39, 0.29) is 11.7 Å². The normalized spacial score (nSPS) is 22.6. The lowest BCUT2D eigenvalue weighted by atomic mass is 9.97. The van der Waals surface area contributed by atoms with Crippen LogP contribution in [0.2, 0.25) is 0 Å². The quantitative estimate of drug-likeness (QED) is 0.275. The zero-order chi connectivity index (χ0) is 13.7. The molecule has 1 aliphatic heterocycles. The van der Waals surface area contributed by atoms with Crippen LogP contribution in [0.1, 0.15) is 32.6 Å². The number of nitrogens with zero attached hydrogens (tertiary/aromatic N) is 2. The summed E-state index contributed by atoms with van der Waals surface area (Å²) in [6.45, 7) is 2.26. The average molecular weight is 256 g/mol. The second kappa shape index (κ2) is 6.23. The van der Waals surface area contributed by atoms with Gasteiger partial charge >= 0.3 is 0 Å². The minimum atomic E-state index is -0.699. The topological polar surface area (TPSA) is 122 Å². The van der Waals surface area contributed by atoms with Crippen LogP contribution in [0.4, 0.5) is 0 Å². The van der Waals surface area contributed by atoms with Crippen molar-refractivity contribution in [1.29, 1.82) is 0 Å². The molecule has 1 rings (SSSR count). The lowest BCUT2D eigenvalue weighted by Crippen LogP contribution is -2.53. The van der Waals surface area contributed by atoms with Gasteiger partial charge in [0.1, 0.15) is 6.04 Å². The van der Waals surface area contributed by atoms with Crippen molar-refractivity contribution >= 4 is 17.6 Å². The number of hydrogen-bond acceptors (Lipinski definition) is 4. The molecule has 2 atom stereocenters. The fourth-order valence-corrected chi connectivity index (χ4v) is 2.27. The second-order valence-electron chi connectivity index (χ2n) is 4.43. The molecule has 0 bridgehead atoms. The van der Waals surface area contributed by atoms with Crippen LogP contribution >= 0.6 is 0 Å². The summed E-state index contributed by atoms with van der Waals surface area (Å²) < 4.78 is 0. The lowest BCUT2D eigenvalue weighted by molar-refractivity contribution is -0.142. The molecule has 18 heavy (non-hydrogen) atoms. The molecular weight excluding hydrogens is 236 g/mol. The van der Waals surface area contributed by atoms with Gasteiger partial charge in [-0.1, -0.05) is 12.1 Å². The third-order valence-corrected chi connectivity index (χ3v) is 3.29. The molecule has 1 saturated heterocycles. The molecule has 0 saturated carbocycles. The van der Waals surface area contributed by atoms with Gasteiger partial charge < -0.3 is 21.6 Å². The fourth-order valence-electron chi connectivity index (χ4n) is 2.27. The Kier molecular flexibility index (Phi) is 4.94. The smallest absolute Gasteiger partial charge is 0.240 e. The average Bonchev–Trinajstić information content (AvgIpc) is 2.39. The van der Waals surface area contributed by atoms with Gasteiger partial charge in [-0.05, 0) is 25.7 Å². The number of carbonyl (C=O) groups excluding carboxylic acids is 2. The first kappa shape index (κ1) is 14.3. The predicted molar refractivity (Wildman–Crippen MR) is 65.7 cm³/mol. The molecule has 2 amide bonds. The number of oxime groups is 1. The maximum atomic E-state index is 12.3. The van der Waals surface area contributed by atoms with E-state index >= 15 is 0 Å². The first-order valence-electron chi connectivity index (χ1n) is 6.10. The fraction of sp³-hybridized carbons (Fsp3) is 0.727. The van der Waals surface area contributed by atoms with Crippen LogP contribution in [0.25, 0.3) is 0 Å². The van der Waals surface area contributed by atoms with Crippen molar-refractivity contribution in [1.82, 2.24) is 4.90 Å². The molecule has 2 unspecified atom stereocenters. The van der Waals surface area contributed by atoms with E-state index in [4.69, 9.17) is 16.7 Å². The van der Waals surface area contributed by atoms with Crippen molar-refractivity contribution in [3.8, 4) is 0 Å². The van der Waals surface area contributed by atoms with Crippen molar-refractivity contribution in [3.05, 3.63) is 0 Å². The highest BCUT2D eigenvalue weighted by Gasteiger charge is 2.35. The first-order chi connectivity index (χ1) is 8.52. The lowest BCUT2D eigenvalue weighted by Gasteiger charge is -2.35. The number of nitrogens with two attached hydrogens (primary N) is 2. The van der Waals surface area contributed by atoms with E-state index in [2.05, 4.69) is 5.16 Å². The summed E-state index contributed by atoms with van der Waals surface area (Å²) in [6, 6.07) is -0.577. The SMILES string of the molecule is CCC(C(=O)N1CCCCC1C(N)=O)C(N)=NO. The Labute approximate surface area is 106 Å². The highest BCUT2D eigenvalue weighted by atomic mass is 16.4. The molecule has 1 fully saturated rings. The van der Waals surface area contributed by atoms with E-state index in [1.807, 2.05) is 0 Å². The number of likely N-dealkylation sites (tertiary alicyclic amines) is 1. The third-order valence-electron chi connectivity index (χ3n) is 3.29. The standard InChI is InChI=1S/C11H20N4O3/c1-2-7(9(12)14-18)11(17)15-6-4-3-5-8(15)10(13)16/h7-8,18H,2-6H2,1H3,(H2,12,14)(H2,13,16). The molecule has 0 aromatic rings. The molecule has 0 spiro atoms. The van der Waals surface area contributed by atoms with Gasteiger partial charge in [0.05, 0.1) is 5.92 Å². The Bertz CT molecular complexity index is 356. The van der Waals surface area contributed by atoms with Crippen LogP contribution in [0, 0.1) is 5.92 Å². The van der Waals surface area contributed by atoms with Crippen LogP contribution in [0.5, 0.6) is 0 Å². The predicted octanol–water partition coefficient (Wildman–Crippen LogP) is -0.375. The van der Waals surface area contributed by atoms with Gasteiger partial charge in [0.25, 0.3) is 0 Å². The van der Waals surface area contributed by atoms with E-state index in [9.17, 15) is 9.59 Å². The van der Waals surface area contributed by atoms with Gasteiger partial charge in [0.2, 0.25) is 11.8 Å². The molecule has 0 aromatic heterocycles. The third kappa shape index (κ3) is 2.91. The van der Waals surface area contributed by atoms with Gasteiger partial charge in [-0.3, -0.25) is 9.59 Å². The van der Waals surface area contributed by atoms with E-state index in [0.29, 0.717) is 19.4 Å². The van der Waals surface area contributed by atoms with E-state index in [1.54, 1.807) is 6.92 Å². The van der Waals surface area contributed by atoms with Gasteiger partial charge in [-0.15, -0.1) is 0 Å². The minimum absolute atomic E-state index is 0.128. The van der Waals surface area contributed by atoms with Gasteiger partial charge in [0.15, 0.2) is 5.84 Å². The number of amides is 2. The Morgan fingerprint density at radius 1 is 1.44 bits per heavy atom. The number of hydrogen-bond donors (Lipinski definition) is 3. The second-order valence-corrected chi connectivity index (χ2v) is 4.43. The number of carbonyl (C=O) groups is 2. The zero-order valence-corrected chi connectivity index (χ0v) is 10.5. The van der Waals surface area contributed by atoms with Crippen molar-refractivity contribution in [2.45, 2.75) is 38.6 Å². The number of piperidine rings is 1. The van der Waals surface area contributed by atoms with E-state index < -0.39 is 17.9 Å². The van der Waals surface area contributed by atoms with Crippen LogP contribution in [0.15, 0.2) is 5.16 Å². The summed E-state index contributed by atoms with van der Waals surface area (Å²) in [7, 11) is 0. The molecule has 1 aliphatic rings. The molecule has 0 aliphatic carbocycles. The summed E-state index contributed by atoms with van der Waals surface area (Å²) in [5.74, 6) is -1.63. The van der Waals surface area contributed by atoms with Crippen LogP contribution in [-0.4, -0.2) is 40.3 Å². The van der Waals surface area contributed by atoms with E-state index in [1.165, 1.54) is 4.90 Å². The molecular formula is C11H20N4O3. The monoisotopic (exact) mass is 256 g/mol. The van der Waals surface area contributed by atoms with Gasteiger partial charge in [-0.25, -0.2) is 0 Å². The zero-order valence-electron chi connectivity index (χ0n) is 10.5. The highest BCUT2D eigenvalue weighted by Crippen LogP contribution is 2.20. The summed E-state index contributed by atoms with van der Waals surface area (Å²) in [6.07, 6.45) is 2.70. The first-order valence-corrected chi connectivity index (χ1v) is 6.10.